The van der Waals surface area contributed by atoms with Gasteiger partial charge in [0.15, 0.2) is 0 Å². The molecular weight excluding hydrogens is 1250 g/mol. The third kappa shape index (κ3) is 41.8. The van der Waals surface area contributed by atoms with Gasteiger partial charge in [0, 0.05) is 121 Å². The number of fused-ring (bicyclic) bond motifs is 7. The summed E-state index contributed by atoms with van der Waals surface area (Å²) in [5.41, 5.74) is 22.5. The van der Waals surface area contributed by atoms with Gasteiger partial charge in [-0.15, -0.1) is 54.6 Å². The first-order chi connectivity index (χ1) is 49.3. The number of nitrogens with one attached hydrogen (secondary N) is 6. The van der Waals surface area contributed by atoms with Crippen molar-refractivity contribution in [2.75, 3.05) is 17.2 Å². The molecule has 512 valence electrons. The Labute approximate surface area is 646 Å². The summed E-state index contributed by atoms with van der Waals surface area (Å²) in [5.74, 6) is 0. The highest BCUT2D eigenvalue weighted by molar-refractivity contribution is 6.90. The van der Waals surface area contributed by atoms with E-state index in [0.29, 0.717) is 0 Å². The van der Waals surface area contributed by atoms with E-state index in [1.165, 1.54) is 158 Å². The van der Waals surface area contributed by atoms with Crippen LogP contribution in [-0.4, -0.2) is 156 Å². The number of allylic oxidation sites excluding steroid dienone is 1. The van der Waals surface area contributed by atoms with Gasteiger partial charge >= 0.3 is 0 Å². The van der Waals surface area contributed by atoms with Crippen LogP contribution in [0.2, 0.25) is 54.6 Å². The first-order valence-electron chi connectivity index (χ1n) is 33.9. The van der Waals surface area contributed by atoms with Crippen molar-refractivity contribution >= 4 is 185 Å². The molecule has 0 fully saturated rings. The second kappa shape index (κ2) is 64.3. The number of benzene rings is 9. The van der Waals surface area contributed by atoms with Gasteiger partial charge in [-0.3, -0.25) is 0 Å². The minimum Gasteiger partial charge on any atom is -0.384 e. The van der Waals surface area contributed by atoms with Gasteiger partial charge in [-0.25, -0.2) is 9.97 Å². The number of H-pyrrole nitrogens is 4. The SMILES string of the molecule is C.C.C=C1Cc2c(C)cccc2N1.Cc1cccc(C)c1.Cc1cccc2[nH]ccc12.Cc1cccc2[nH]cnc12.Cc1cccc2[nH]cnc12.Cc1cccc2ccccc12.[B][B]C.[B][B]C.[B][B]C.[B][B]C.[B][B]C.[B][B]C.[B][B]C.[B][B]C.c1ccc2[nH]ccc2c1.c1ccc2c(c1)CCN2. The van der Waals surface area contributed by atoms with Crippen LogP contribution in [0.4, 0.5) is 11.4 Å². The fourth-order valence-corrected chi connectivity index (χ4v) is 9.40. The number of hydrogen-bond donors (Lipinski definition) is 6. The molecular formula is C80H104B16N8. The summed E-state index contributed by atoms with van der Waals surface area (Å²) in [7, 11) is 49.8. The molecule has 0 spiro atoms. The Kier molecular flexibility index (Phi) is 61.7. The second-order valence-corrected chi connectivity index (χ2v) is 22.3. The molecule has 0 saturated carbocycles. The lowest BCUT2D eigenvalue weighted by atomic mass is 9.59. The summed E-state index contributed by atoms with van der Waals surface area (Å²) in [6.07, 6.45) is 9.54. The average molecular weight is 1350 g/mol. The molecule has 24 radical (unpaired) electrons. The predicted molar refractivity (Wildman–Crippen MR) is 486 cm³/mol. The second-order valence-electron chi connectivity index (χ2n) is 22.3. The standard InChI is InChI=1S/C11H10.C10H11N.C9H9N.2C8H8N2.C8H9N.C8H7N.C8H10.8CH3B2.2CH4/c1-9-5-4-7-10-6-2-3-8-11(9)10;1-7-4-3-5-10-9(7)6-8(2)11-10;1-7-3-2-4-9-8(7)5-6-10-9;2*1-6-3-2-4-7-8(6)10-5-9-7;2*1-2-4-8-7(3-1)5-6-9-8;1-7-4-3-5-8(2)6-7;8*1-3-2;;/h2-8H,1H3;3-5,11H,2,6H2,1H3;2-6,10H,1H3;2*2-5H,1H3,(H,9,10);1-4,9H,5-6H2;1-6,9H;3-6H,1-2H3;8*1H3;2*1H4. The zero-order valence-corrected chi connectivity index (χ0v) is 63.3. The molecule has 4 aromatic heterocycles. The molecule has 13 aromatic rings. The minimum atomic E-state index is 0. The van der Waals surface area contributed by atoms with Gasteiger partial charge in [0.1, 0.15) is 0 Å². The van der Waals surface area contributed by atoms with Crippen molar-refractivity contribution in [3.05, 3.63) is 288 Å². The number of aromatic nitrogens is 6. The Bertz CT molecular complexity index is 3930. The molecule has 24 heteroatoms. The van der Waals surface area contributed by atoms with Crippen molar-refractivity contribution < 1.29 is 0 Å². The highest BCUT2D eigenvalue weighted by Gasteiger charge is 2.14. The molecule has 0 bridgehead atoms. The number of para-hydroxylation sites is 4. The van der Waals surface area contributed by atoms with Crippen LogP contribution in [0.25, 0.3) is 54.6 Å². The summed E-state index contributed by atoms with van der Waals surface area (Å²) < 4.78 is 0. The van der Waals surface area contributed by atoms with Gasteiger partial charge in [-0.05, 0) is 159 Å². The van der Waals surface area contributed by atoms with E-state index in [-0.39, 0.29) is 14.9 Å². The van der Waals surface area contributed by atoms with E-state index in [1.54, 1.807) is 67.2 Å². The van der Waals surface area contributed by atoms with E-state index in [4.69, 9.17) is 61.9 Å². The zero-order chi connectivity index (χ0) is 76.3. The topological polar surface area (TPSA) is 113 Å². The van der Waals surface area contributed by atoms with Gasteiger partial charge < -0.3 is 30.6 Å². The van der Waals surface area contributed by atoms with E-state index in [0.717, 1.165) is 40.7 Å². The van der Waals surface area contributed by atoms with Crippen LogP contribution in [0.1, 0.15) is 64.9 Å². The van der Waals surface area contributed by atoms with Crippen LogP contribution >= 0.6 is 0 Å². The number of imidazole rings is 2. The van der Waals surface area contributed by atoms with Crippen molar-refractivity contribution in [1.82, 2.24) is 29.9 Å². The molecule has 0 unspecified atom stereocenters. The molecule has 104 heavy (non-hydrogen) atoms. The number of nitrogens with zero attached hydrogens (tertiary/aromatic N) is 2. The van der Waals surface area contributed by atoms with Crippen LogP contribution in [0.3, 0.4) is 0 Å². The Balaban J connectivity index is -0.00000107. The molecule has 2 aliphatic rings. The number of aryl methyl sites for hydroxylation is 7. The van der Waals surface area contributed by atoms with Crippen molar-refractivity contribution in [2.24, 2.45) is 0 Å². The maximum atomic E-state index is 4.72. The Morgan fingerprint density at radius 2 is 0.731 bits per heavy atom. The van der Waals surface area contributed by atoms with E-state index in [1.807, 2.05) is 48.8 Å². The fraction of sp³-hybridized carbons (Fsp3) is 0.250. The maximum absolute atomic E-state index is 4.72. The predicted octanol–water partition coefficient (Wildman–Crippen LogP) is 17.8. The molecule has 9 aromatic carbocycles. The molecule has 0 atom stereocenters. The van der Waals surface area contributed by atoms with Gasteiger partial charge in [0.2, 0.25) is 0 Å². The summed E-state index contributed by atoms with van der Waals surface area (Å²) in [5, 5.41) is 11.8. The fourth-order valence-electron chi connectivity index (χ4n) is 9.40. The average Bonchev–Trinajstić information content (AvgIpc) is 1.13. The first kappa shape index (κ1) is 99.8. The molecule has 2 aliphatic heterocycles. The molecule has 6 heterocycles. The molecule has 0 saturated heterocycles. The van der Waals surface area contributed by atoms with Crippen LogP contribution in [0.15, 0.2) is 238 Å². The highest BCUT2D eigenvalue weighted by Crippen LogP contribution is 2.29. The van der Waals surface area contributed by atoms with E-state index >= 15 is 0 Å². The van der Waals surface area contributed by atoms with Crippen LogP contribution in [-0.2, 0) is 12.8 Å². The van der Waals surface area contributed by atoms with E-state index < -0.39 is 0 Å². The zero-order valence-electron chi connectivity index (χ0n) is 63.3. The maximum Gasteiger partial charge on any atom is 0.0931 e. The van der Waals surface area contributed by atoms with Crippen molar-refractivity contribution in [2.45, 2.75) is 131 Å². The lowest BCUT2D eigenvalue weighted by Crippen LogP contribution is -1.90. The van der Waals surface area contributed by atoms with Crippen LogP contribution in [0, 0.1) is 48.5 Å². The van der Waals surface area contributed by atoms with Gasteiger partial charge in [-0.1, -0.05) is 184 Å². The number of rotatable bonds is 0. The Morgan fingerprint density at radius 3 is 1.19 bits per heavy atom. The lowest BCUT2D eigenvalue weighted by Gasteiger charge is -2.00. The molecule has 8 nitrogen and oxygen atoms in total. The van der Waals surface area contributed by atoms with Crippen LogP contribution < -0.4 is 10.6 Å². The number of hydrogen-bond acceptors (Lipinski definition) is 4. The molecule has 0 aliphatic carbocycles. The van der Waals surface area contributed by atoms with E-state index in [2.05, 4.69) is 259 Å². The summed E-state index contributed by atoms with van der Waals surface area (Å²) in [6, 6.07) is 68.9. The van der Waals surface area contributed by atoms with Crippen LogP contribution in [0.5, 0.6) is 0 Å². The van der Waals surface area contributed by atoms with Gasteiger partial charge in [0.05, 0.1) is 92.1 Å². The molecule has 15 rings (SSSR count). The van der Waals surface area contributed by atoms with Gasteiger partial charge in [-0.2, -0.15) is 0 Å². The van der Waals surface area contributed by atoms with Crippen molar-refractivity contribution in [3.8, 4) is 0 Å². The van der Waals surface area contributed by atoms with Gasteiger partial charge in [0.25, 0.3) is 0 Å². The van der Waals surface area contributed by atoms with Crippen molar-refractivity contribution in [3.63, 3.8) is 0 Å². The third-order valence-corrected chi connectivity index (χ3v) is 13.6. The first-order valence-corrected chi connectivity index (χ1v) is 33.9. The monoisotopic (exact) mass is 1350 g/mol. The smallest absolute Gasteiger partial charge is 0.0931 e. The lowest BCUT2D eigenvalue weighted by molar-refractivity contribution is 1.11. The van der Waals surface area contributed by atoms with Crippen molar-refractivity contribution in [1.29, 1.82) is 0 Å². The third-order valence-electron chi connectivity index (χ3n) is 13.6. The minimum absolute atomic E-state index is 0. The highest BCUT2D eigenvalue weighted by atomic mass is 14.9. The summed E-state index contributed by atoms with van der Waals surface area (Å²) in [6.45, 7) is 34.0. The number of anilines is 2. The largest absolute Gasteiger partial charge is 0.384 e. The molecule has 6 N–H and O–H groups in total. The van der Waals surface area contributed by atoms with E-state index in [9.17, 15) is 0 Å². The number of aromatic amines is 4. The summed E-state index contributed by atoms with van der Waals surface area (Å²) in [4.78, 5) is 20.7. The molecule has 0 amide bonds. The Hall–Kier alpha value is -8.36. The quantitative estimate of drug-likeness (QED) is 0.0849. The normalized spacial score (nSPS) is 9.51. The summed E-state index contributed by atoms with van der Waals surface area (Å²) >= 11 is 0. The Morgan fingerprint density at radius 1 is 0.356 bits per heavy atom.